The Morgan fingerprint density at radius 1 is 1.56 bits per heavy atom. The number of nitrogens with one attached hydrogen (secondary N) is 1. The molecule has 4 atom stereocenters. The summed E-state index contributed by atoms with van der Waals surface area (Å²) in [6.45, 7) is 1.13. The van der Waals surface area contributed by atoms with Crippen LogP contribution in [0.15, 0.2) is 15.8 Å². The molecule has 0 bridgehead atoms. The summed E-state index contributed by atoms with van der Waals surface area (Å²) < 4.78 is 14.9. The van der Waals surface area contributed by atoms with E-state index >= 15 is 0 Å². The van der Waals surface area contributed by atoms with Gasteiger partial charge in [-0.2, -0.15) is 0 Å². The lowest BCUT2D eigenvalue weighted by atomic mass is 10.1. The summed E-state index contributed by atoms with van der Waals surface area (Å²) in [5.41, 5.74) is -0.963. The predicted molar refractivity (Wildman–Crippen MR) is 64.5 cm³/mol. The Labute approximate surface area is 105 Å². The fourth-order valence-corrected chi connectivity index (χ4v) is 3.21. The average molecular weight is 276 g/mol. The van der Waals surface area contributed by atoms with Gasteiger partial charge in [0, 0.05) is 11.8 Å². The molecule has 0 amide bonds. The summed E-state index contributed by atoms with van der Waals surface area (Å²) in [5.74, 6) is 0. The summed E-state index contributed by atoms with van der Waals surface area (Å²) in [5, 5.41) is 16.9. The topological polar surface area (TPSA) is 95.3 Å². The molecular weight excluding hydrogens is 263 g/mol. The van der Waals surface area contributed by atoms with Crippen molar-refractivity contribution in [2.75, 3.05) is 6.61 Å². The number of hydrogen-bond donors (Lipinski definition) is 3. The Kier molecular flexibility index (Phi) is 3.60. The molecule has 1 saturated heterocycles. The molecule has 2 rings (SSSR count). The number of aliphatic hydroxyl groups excluding tert-OH is 2. The second-order valence-corrected chi connectivity index (χ2v) is 5.52. The summed E-state index contributed by atoms with van der Waals surface area (Å²) in [4.78, 5) is 24.9. The Morgan fingerprint density at radius 2 is 2.22 bits per heavy atom. The first-order valence-corrected chi connectivity index (χ1v) is 6.30. The number of rotatable bonds is 2. The highest BCUT2D eigenvalue weighted by Gasteiger charge is 2.44. The van der Waals surface area contributed by atoms with Crippen LogP contribution in [-0.2, 0) is 0 Å². The molecule has 6 nitrogen and oxygen atoms in total. The monoisotopic (exact) mass is 276 g/mol. The van der Waals surface area contributed by atoms with Crippen LogP contribution in [0.2, 0.25) is 0 Å². The minimum atomic E-state index is -1.67. The van der Waals surface area contributed by atoms with Gasteiger partial charge in [-0.1, -0.05) is 0 Å². The van der Waals surface area contributed by atoms with Crippen molar-refractivity contribution in [3.05, 3.63) is 32.6 Å². The maximum Gasteiger partial charge on any atom is 0.329 e. The molecule has 0 aliphatic carbocycles. The summed E-state index contributed by atoms with van der Waals surface area (Å²) >= 11 is 0.975. The third-order valence-electron chi connectivity index (χ3n) is 2.89. The molecule has 100 valence electrons. The number of alkyl halides is 1. The minimum Gasteiger partial charge on any atom is -0.395 e. The molecule has 3 N–H and O–H groups in total. The van der Waals surface area contributed by atoms with Crippen LogP contribution in [0.3, 0.4) is 0 Å². The van der Waals surface area contributed by atoms with Gasteiger partial charge in [-0.15, -0.1) is 11.8 Å². The fraction of sp³-hybridized carbons (Fsp3) is 0.600. The highest BCUT2D eigenvalue weighted by Crippen LogP contribution is 2.42. The number of halogens is 1. The first-order chi connectivity index (χ1) is 8.45. The molecule has 2 heterocycles. The van der Waals surface area contributed by atoms with Crippen LogP contribution < -0.4 is 11.2 Å². The van der Waals surface area contributed by atoms with Crippen LogP contribution in [-0.4, -0.2) is 43.9 Å². The molecule has 1 fully saturated rings. The maximum atomic E-state index is 13.9. The number of H-pyrrole nitrogens is 1. The third kappa shape index (κ3) is 2.11. The highest BCUT2D eigenvalue weighted by atomic mass is 32.2. The normalized spacial score (nSPS) is 31.8. The Bertz CT molecular complexity index is 558. The van der Waals surface area contributed by atoms with Crippen LogP contribution >= 0.6 is 11.8 Å². The van der Waals surface area contributed by atoms with Crippen molar-refractivity contribution in [1.82, 2.24) is 9.55 Å². The molecule has 0 spiro atoms. The number of aromatic amines is 1. The van der Waals surface area contributed by atoms with Gasteiger partial charge in [0.25, 0.3) is 5.56 Å². The molecular formula is C10H13FN2O4S. The van der Waals surface area contributed by atoms with Crippen molar-refractivity contribution < 1.29 is 14.6 Å². The maximum absolute atomic E-state index is 13.9. The van der Waals surface area contributed by atoms with Crippen LogP contribution in [0.1, 0.15) is 10.9 Å². The van der Waals surface area contributed by atoms with Crippen molar-refractivity contribution in [3.8, 4) is 0 Å². The Hall–Kier alpha value is -1.12. The first kappa shape index (κ1) is 13.3. The fourth-order valence-electron chi connectivity index (χ4n) is 1.85. The number of nitrogens with zero attached hydrogens (tertiary/aromatic N) is 1. The molecule has 0 unspecified atom stereocenters. The molecule has 0 aromatic carbocycles. The van der Waals surface area contributed by atoms with Crippen LogP contribution in [0.25, 0.3) is 0 Å². The number of aliphatic hydroxyl groups is 2. The standard InChI is InChI=1S/C10H13FN2O4S/c1-4-2-13(10(17)12-8(4)16)9-6(11)7(15)5(3-14)18-9/h2,5-7,9,14-15H,3H2,1H3,(H,12,16,17)/t5-,6+,7-,9-/m0/s1. The van der Waals surface area contributed by atoms with Gasteiger partial charge in [0.15, 0.2) is 6.17 Å². The number of aryl methyl sites for hydroxylation is 1. The predicted octanol–water partition coefficient (Wildman–Crippen LogP) is -0.850. The lowest BCUT2D eigenvalue weighted by molar-refractivity contribution is 0.0631. The highest BCUT2D eigenvalue weighted by molar-refractivity contribution is 8.00. The van der Waals surface area contributed by atoms with E-state index in [0.717, 1.165) is 16.3 Å². The van der Waals surface area contributed by atoms with Gasteiger partial charge in [0.2, 0.25) is 0 Å². The molecule has 1 aromatic rings. The van der Waals surface area contributed by atoms with Gasteiger partial charge in [0.05, 0.1) is 11.9 Å². The van der Waals surface area contributed by atoms with E-state index in [1.807, 2.05) is 0 Å². The average Bonchev–Trinajstić information content (AvgIpc) is 2.61. The van der Waals surface area contributed by atoms with Gasteiger partial charge < -0.3 is 10.2 Å². The molecule has 8 heteroatoms. The zero-order chi connectivity index (χ0) is 13.4. The zero-order valence-electron chi connectivity index (χ0n) is 9.54. The van der Waals surface area contributed by atoms with E-state index in [4.69, 9.17) is 5.11 Å². The van der Waals surface area contributed by atoms with E-state index in [2.05, 4.69) is 4.98 Å². The molecule has 18 heavy (non-hydrogen) atoms. The van der Waals surface area contributed by atoms with Crippen molar-refractivity contribution in [2.24, 2.45) is 0 Å². The van der Waals surface area contributed by atoms with E-state index in [0.29, 0.717) is 0 Å². The summed E-state index contributed by atoms with van der Waals surface area (Å²) in [6, 6.07) is 0. The lowest BCUT2D eigenvalue weighted by Gasteiger charge is -2.16. The van der Waals surface area contributed by atoms with Gasteiger partial charge in [-0.25, -0.2) is 9.18 Å². The Morgan fingerprint density at radius 3 is 2.78 bits per heavy atom. The summed E-state index contributed by atoms with van der Waals surface area (Å²) in [6.07, 6.45) is -1.74. The van der Waals surface area contributed by atoms with E-state index in [9.17, 15) is 19.1 Å². The number of aromatic nitrogens is 2. The van der Waals surface area contributed by atoms with Crippen molar-refractivity contribution >= 4 is 11.8 Å². The van der Waals surface area contributed by atoms with Gasteiger partial charge in [-0.05, 0) is 6.92 Å². The van der Waals surface area contributed by atoms with Gasteiger partial charge >= 0.3 is 5.69 Å². The smallest absolute Gasteiger partial charge is 0.329 e. The van der Waals surface area contributed by atoms with Crippen LogP contribution in [0, 0.1) is 6.92 Å². The largest absolute Gasteiger partial charge is 0.395 e. The van der Waals surface area contributed by atoms with E-state index in [1.54, 1.807) is 0 Å². The van der Waals surface area contributed by atoms with Crippen molar-refractivity contribution in [3.63, 3.8) is 0 Å². The molecule has 0 radical (unpaired) electrons. The second kappa shape index (κ2) is 4.87. The van der Waals surface area contributed by atoms with Crippen molar-refractivity contribution in [2.45, 2.75) is 29.8 Å². The second-order valence-electron chi connectivity index (χ2n) is 4.16. The van der Waals surface area contributed by atoms with E-state index in [-0.39, 0.29) is 12.2 Å². The quantitative estimate of drug-likeness (QED) is 0.654. The SMILES string of the molecule is Cc1cn([C@H]2S[C@@H](CO)[C@H](O)[C@H]2F)c(=O)[nH]c1=O. The lowest BCUT2D eigenvalue weighted by Crippen LogP contribution is -2.36. The van der Waals surface area contributed by atoms with Gasteiger partial charge in [0.1, 0.15) is 11.5 Å². The van der Waals surface area contributed by atoms with Gasteiger partial charge in [-0.3, -0.25) is 14.3 Å². The Balaban J connectivity index is 2.42. The molecule has 1 aliphatic rings. The zero-order valence-corrected chi connectivity index (χ0v) is 10.4. The first-order valence-electron chi connectivity index (χ1n) is 5.36. The molecule has 1 aromatic heterocycles. The number of hydrogen-bond acceptors (Lipinski definition) is 5. The molecule has 0 saturated carbocycles. The van der Waals surface area contributed by atoms with Crippen LogP contribution in [0.4, 0.5) is 4.39 Å². The molecule has 1 aliphatic heterocycles. The minimum absolute atomic E-state index is 0.282. The number of thioether (sulfide) groups is 1. The van der Waals surface area contributed by atoms with E-state index in [1.165, 1.54) is 13.1 Å². The summed E-state index contributed by atoms with van der Waals surface area (Å²) in [7, 11) is 0. The third-order valence-corrected chi connectivity index (χ3v) is 4.44. The van der Waals surface area contributed by atoms with Crippen LogP contribution in [0.5, 0.6) is 0 Å². The van der Waals surface area contributed by atoms with Crippen molar-refractivity contribution in [1.29, 1.82) is 0 Å². The van der Waals surface area contributed by atoms with E-state index < -0.39 is 34.1 Å².